The number of aryl methyl sites for hydroxylation is 1. The lowest BCUT2D eigenvalue weighted by Gasteiger charge is -2.28. The third kappa shape index (κ3) is 4.51. The van der Waals surface area contributed by atoms with E-state index in [1.807, 2.05) is 27.7 Å². The molecule has 2 rings (SSSR count). The molecular formula is C19H33N5O2. The number of anilines is 1. The molecule has 0 aliphatic carbocycles. The van der Waals surface area contributed by atoms with E-state index >= 15 is 0 Å². The maximum absolute atomic E-state index is 12.8. The van der Waals surface area contributed by atoms with Gasteiger partial charge in [0.25, 0.3) is 5.91 Å². The summed E-state index contributed by atoms with van der Waals surface area (Å²) < 4.78 is 0. The Labute approximate surface area is 157 Å². The maximum atomic E-state index is 12.8. The molecule has 2 heterocycles. The Kier molecular flexibility index (Phi) is 6.24. The Balaban J connectivity index is 2.26. The Bertz CT molecular complexity index is 660. The molecule has 7 nitrogen and oxygen atoms in total. The smallest absolute Gasteiger partial charge is 0.291 e. The first-order valence-corrected chi connectivity index (χ1v) is 9.18. The molecular weight excluding hydrogens is 330 g/mol. The molecule has 26 heavy (non-hydrogen) atoms. The highest BCUT2D eigenvalue weighted by Crippen LogP contribution is 2.25. The molecule has 0 spiro atoms. The van der Waals surface area contributed by atoms with E-state index in [1.165, 1.54) is 0 Å². The van der Waals surface area contributed by atoms with Crippen molar-refractivity contribution < 1.29 is 9.90 Å². The monoisotopic (exact) mass is 363 g/mol. The summed E-state index contributed by atoms with van der Waals surface area (Å²) in [5.41, 5.74) is 1.50. The van der Waals surface area contributed by atoms with Crippen molar-refractivity contribution in [2.45, 2.75) is 40.2 Å². The molecule has 1 N–H and O–H groups in total. The van der Waals surface area contributed by atoms with Gasteiger partial charge in [0, 0.05) is 56.0 Å². The number of hydrogen-bond acceptors (Lipinski definition) is 6. The molecule has 1 saturated heterocycles. The van der Waals surface area contributed by atoms with Gasteiger partial charge in [-0.2, -0.15) is 0 Å². The van der Waals surface area contributed by atoms with Crippen molar-refractivity contribution in [3.63, 3.8) is 0 Å². The van der Waals surface area contributed by atoms with Gasteiger partial charge in [-0.3, -0.25) is 4.79 Å². The number of hydrogen-bond donors (Lipinski definition) is 1. The number of nitrogens with zero attached hydrogens (tertiary/aromatic N) is 5. The molecule has 1 aliphatic heterocycles. The van der Waals surface area contributed by atoms with Gasteiger partial charge >= 0.3 is 0 Å². The van der Waals surface area contributed by atoms with Gasteiger partial charge in [-0.15, -0.1) is 0 Å². The van der Waals surface area contributed by atoms with E-state index in [2.05, 4.69) is 33.9 Å². The minimum Gasteiger partial charge on any atom is -0.396 e. The normalized spacial score (nSPS) is 17.9. The second-order valence-electron chi connectivity index (χ2n) is 8.42. The number of aliphatic hydroxyl groups is 1. The molecule has 0 saturated carbocycles. The third-order valence-corrected chi connectivity index (χ3v) is 5.19. The summed E-state index contributed by atoms with van der Waals surface area (Å²) >= 11 is 0. The second kappa shape index (κ2) is 7.88. The van der Waals surface area contributed by atoms with Crippen LogP contribution >= 0.6 is 0 Å². The van der Waals surface area contributed by atoms with Crippen molar-refractivity contribution in [1.82, 2.24) is 19.8 Å². The number of carbonyl (C=O) groups excluding carboxylic acids is 1. The molecule has 1 aromatic heterocycles. The highest BCUT2D eigenvalue weighted by atomic mass is 16.3. The van der Waals surface area contributed by atoms with E-state index in [-0.39, 0.29) is 23.8 Å². The van der Waals surface area contributed by atoms with Gasteiger partial charge in [0.05, 0.1) is 0 Å². The molecule has 0 unspecified atom stereocenters. The number of aliphatic hydroxyl groups excluding tert-OH is 1. The fourth-order valence-corrected chi connectivity index (χ4v) is 3.31. The van der Waals surface area contributed by atoms with Crippen molar-refractivity contribution in [2.24, 2.45) is 5.41 Å². The Morgan fingerprint density at radius 3 is 2.46 bits per heavy atom. The minimum absolute atomic E-state index is 0.0172. The van der Waals surface area contributed by atoms with Crippen LogP contribution in [0.25, 0.3) is 0 Å². The maximum Gasteiger partial charge on any atom is 0.291 e. The third-order valence-electron chi connectivity index (χ3n) is 5.19. The fourth-order valence-electron chi connectivity index (χ4n) is 3.31. The van der Waals surface area contributed by atoms with E-state index in [0.717, 1.165) is 36.6 Å². The second-order valence-corrected chi connectivity index (χ2v) is 8.42. The molecule has 146 valence electrons. The van der Waals surface area contributed by atoms with Gasteiger partial charge in [0.2, 0.25) is 5.82 Å². The van der Waals surface area contributed by atoms with Crippen molar-refractivity contribution in [3.8, 4) is 0 Å². The summed E-state index contributed by atoms with van der Waals surface area (Å²) in [7, 11) is 5.92. The zero-order valence-electron chi connectivity index (χ0n) is 17.2. The minimum atomic E-state index is -0.360. The zero-order valence-corrected chi connectivity index (χ0v) is 17.2. The predicted octanol–water partition coefficient (Wildman–Crippen LogP) is 1.32. The molecule has 0 radical (unpaired) electrons. The summed E-state index contributed by atoms with van der Waals surface area (Å²) in [6, 6.07) is 0.497. The number of aromatic nitrogens is 2. The predicted molar refractivity (Wildman–Crippen MR) is 104 cm³/mol. The lowest BCUT2D eigenvalue weighted by atomic mass is 9.94. The molecule has 0 bridgehead atoms. The number of carbonyl (C=O) groups is 1. The van der Waals surface area contributed by atoms with Gasteiger partial charge in [-0.05, 0) is 34.4 Å². The molecule has 1 aliphatic rings. The van der Waals surface area contributed by atoms with Crippen molar-refractivity contribution in [3.05, 3.63) is 17.1 Å². The summed E-state index contributed by atoms with van der Waals surface area (Å²) in [4.78, 5) is 28.0. The van der Waals surface area contributed by atoms with Crippen molar-refractivity contribution >= 4 is 11.7 Å². The highest BCUT2D eigenvalue weighted by molar-refractivity contribution is 5.91. The Morgan fingerprint density at radius 1 is 1.27 bits per heavy atom. The number of amides is 1. The molecule has 1 atom stereocenters. The van der Waals surface area contributed by atoms with Crippen LogP contribution in [0.1, 0.15) is 42.1 Å². The molecule has 0 aromatic carbocycles. The zero-order chi connectivity index (χ0) is 19.6. The van der Waals surface area contributed by atoms with Crippen molar-refractivity contribution in [2.75, 3.05) is 52.3 Å². The largest absolute Gasteiger partial charge is 0.396 e. The first-order valence-electron chi connectivity index (χ1n) is 9.18. The van der Waals surface area contributed by atoms with Gasteiger partial charge in [-0.1, -0.05) is 13.8 Å². The van der Waals surface area contributed by atoms with Crippen LogP contribution in [0.4, 0.5) is 5.82 Å². The summed E-state index contributed by atoms with van der Waals surface area (Å²) in [5.74, 6) is 0.881. The Hall–Kier alpha value is -1.73. The lowest BCUT2D eigenvalue weighted by Crippen LogP contribution is -2.39. The van der Waals surface area contributed by atoms with Crippen LogP contribution in [0, 0.1) is 19.3 Å². The van der Waals surface area contributed by atoms with Crippen LogP contribution in [0.15, 0.2) is 0 Å². The molecule has 1 amide bonds. The summed E-state index contributed by atoms with van der Waals surface area (Å²) in [6.07, 6.45) is 1.09. The molecule has 1 aromatic rings. The van der Waals surface area contributed by atoms with E-state index in [9.17, 15) is 9.90 Å². The van der Waals surface area contributed by atoms with Crippen LogP contribution in [0.3, 0.4) is 0 Å². The molecule has 7 heteroatoms. The first-order chi connectivity index (χ1) is 12.1. The summed E-state index contributed by atoms with van der Waals surface area (Å²) in [6.45, 7) is 10.1. The van der Waals surface area contributed by atoms with Gasteiger partial charge in [0.15, 0.2) is 0 Å². The van der Waals surface area contributed by atoms with E-state index in [0.29, 0.717) is 12.6 Å². The summed E-state index contributed by atoms with van der Waals surface area (Å²) in [5, 5.41) is 9.45. The average Bonchev–Trinajstić information content (AvgIpc) is 3.06. The van der Waals surface area contributed by atoms with Crippen LogP contribution in [-0.4, -0.2) is 84.2 Å². The van der Waals surface area contributed by atoms with E-state index < -0.39 is 0 Å². The highest BCUT2D eigenvalue weighted by Gasteiger charge is 2.29. The number of rotatable bonds is 6. The fraction of sp³-hybridized carbons (Fsp3) is 0.737. The Morgan fingerprint density at radius 2 is 1.92 bits per heavy atom. The van der Waals surface area contributed by atoms with Gasteiger partial charge in [0.1, 0.15) is 5.82 Å². The lowest BCUT2D eigenvalue weighted by molar-refractivity contribution is 0.0652. The van der Waals surface area contributed by atoms with Crippen LogP contribution in [0.2, 0.25) is 0 Å². The molecule has 1 fully saturated rings. The van der Waals surface area contributed by atoms with Crippen molar-refractivity contribution in [1.29, 1.82) is 0 Å². The van der Waals surface area contributed by atoms with E-state index in [1.54, 1.807) is 11.9 Å². The van der Waals surface area contributed by atoms with Gasteiger partial charge < -0.3 is 19.8 Å². The standard InChI is InChI=1S/C19H33N5O2/c1-13-14(2)20-16(18(26)23(7)11-19(3,4)12-25)21-17(13)24-9-8-15(10-24)22(5)6/h15,25H,8-12H2,1-7H3/t15-/m1/s1. The average molecular weight is 364 g/mol. The SMILES string of the molecule is Cc1nc(C(=O)N(C)CC(C)(C)CO)nc(N2CC[C@@H](N(C)C)C2)c1C. The quantitative estimate of drug-likeness (QED) is 0.822. The topological polar surface area (TPSA) is 72.8 Å². The van der Waals surface area contributed by atoms with Crippen LogP contribution < -0.4 is 4.90 Å². The van der Waals surface area contributed by atoms with E-state index in [4.69, 9.17) is 0 Å². The first kappa shape index (κ1) is 20.6. The van der Waals surface area contributed by atoms with Gasteiger partial charge in [-0.25, -0.2) is 9.97 Å². The van der Waals surface area contributed by atoms with Crippen LogP contribution in [-0.2, 0) is 0 Å². The van der Waals surface area contributed by atoms with Crippen LogP contribution in [0.5, 0.6) is 0 Å². The number of likely N-dealkylation sites (N-methyl/N-ethyl adjacent to an activating group) is 1.